The molecule has 2 aromatic rings. The highest BCUT2D eigenvalue weighted by atomic mass is 32.1. The van der Waals surface area contributed by atoms with E-state index in [0.717, 1.165) is 24.8 Å². The highest BCUT2D eigenvalue weighted by Crippen LogP contribution is 2.45. The summed E-state index contributed by atoms with van der Waals surface area (Å²) in [6.45, 7) is 7.75. The Kier molecular flexibility index (Phi) is 6.16. The highest BCUT2D eigenvalue weighted by Gasteiger charge is 2.36. The molecule has 3 amide bonds. The lowest BCUT2D eigenvalue weighted by atomic mass is 9.72. The lowest BCUT2D eigenvalue weighted by Gasteiger charge is -2.34. The molecule has 3 heterocycles. The molecule has 32 heavy (non-hydrogen) atoms. The summed E-state index contributed by atoms with van der Waals surface area (Å²) in [5, 5.41) is 3.53. The van der Waals surface area contributed by atoms with E-state index in [1.165, 1.54) is 22.5 Å². The number of primary amides is 1. The minimum absolute atomic E-state index is 0.0747. The number of carbonyl (C=O) groups excluding carboxylic acids is 3. The van der Waals surface area contributed by atoms with Gasteiger partial charge in [-0.2, -0.15) is 0 Å². The Morgan fingerprint density at radius 1 is 1.19 bits per heavy atom. The number of hydrogen-bond donors (Lipinski definition) is 2. The summed E-state index contributed by atoms with van der Waals surface area (Å²) in [5.41, 5.74) is 7.30. The predicted octanol–water partition coefficient (Wildman–Crippen LogP) is 4.08. The Balaban J connectivity index is 1.63. The molecule has 2 aromatic heterocycles. The monoisotopic (exact) mass is 457 g/mol. The van der Waals surface area contributed by atoms with Gasteiger partial charge < -0.3 is 20.4 Å². The summed E-state index contributed by atoms with van der Waals surface area (Å²) in [4.78, 5) is 40.8. The van der Waals surface area contributed by atoms with E-state index >= 15 is 0 Å². The van der Waals surface area contributed by atoms with Crippen molar-refractivity contribution in [3.8, 4) is 0 Å². The maximum Gasteiger partial charge on any atom is 0.291 e. The minimum Gasteiger partial charge on any atom is -0.459 e. The van der Waals surface area contributed by atoms with E-state index in [1.54, 1.807) is 17.0 Å². The van der Waals surface area contributed by atoms with Crippen LogP contribution < -0.4 is 11.1 Å². The Morgan fingerprint density at radius 3 is 2.50 bits per heavy atom. The summed E-state index contributed by atoms with van der Waals surface area (Å²) in [6, 6.07) is 3.27. The molecule has 4 rings (SSSR count). The lowest BCUT2D eigenvalue weighted by Crippen LogP contribution is -2.42. The number of fused-ring (bicyclic) bond motifs is 1. The van der Waals surface area contributed by atoms with Crippen molar-refractivity contribution in [3.05, 3.63) is 40.2 Å². The second-order valence-corrected chi connectivity index (χ2v) is 11.0. The molecule has 1 aliphatic carbocycles. The number of thiophene rings is 1. The van der Waals surface area contributed by atoms with Crippen molar-refractivity contribution in [2.45, 2.75) is 52.9 Å². The second-order valence-electron chi connectivity index (χ2n) is 9.91. The zero-order valence-corrected chi connectivity index (χ0v) is 19.7. The quantitative estimate of drug-likeness (QED) is 0.721. The number of nitrogens with one attached hydrogen (secondary N) is 1. The van der Waals surface area contributed by atoms with E-state index in [9.17, 15) is 14.4 Å². The Hall–Kier alpha value is -2.61. The molecule has 1 atom stereocenters. The average Bonchev–Trinajstić information content (AvgIpc) is 3.40. The predicted molar refractivity (Wildman–Crippen MR) is 124 cm³/mol. The van der Waals surface area contributed by atoms with E-state index < -0.39 is 0 Å². The first-order valence-corrected chi connectivity index (χ1v) is 12.0. The van der Waals surface area contributed by atoms with Crippen LogP contribution in [0.3, 0.4) is 0 Å². The molecule has 3 N–H and O–H groups in total. The van der Waals surface area contributed by atoms with Crippen LogP contribution in [0.5, 0.6) is 0 Å². The molecule has 0 radical (unpaired) electrons. The van der Waals surface area contributed by atoms with Crippen LogP contribution in [0.2, 0.25) is 0 Å². The molecule has 1 aliphatic heterocycles. The van der Waals surface area contributed by atoms with Crippen LogP contribution in [-0.2, 0) is 17.6 Å². The Morgan fingerprint density at radius 2 is 1.91 bits per heavy atom. The van der Waals surface area contributed by atoms with Crippen LogP contribution in [0, 0.1) is 17.3 Å². The molecule has 2 aliphatic rings. The van der Waals surface area contributed by atoms with Gasteiger partial charge in [-0.25, -0.2) is 0 Å². The summed E-state index contributed by atoms with van der Waals surface area (Å²) in [6.07, 6.45) is 5.36. The normalized spacial score (nSPS) is 19.5. The van der Waals surface area contributed by atoms with E-state index in [4.69, 9.17) is 10.2 Å². The first kappa shape index (κ1) is 22.6. The molecule has 1 saturated heterocycles. The topological polar surface area (TPSA) is 106 Å². The van der Waals surface area contributed by atoms with Gasteiger partial charge in [-0.3, -0.25) is 14.4 Å². The molecule has 0 saturated carbocycles. The van der Waals surface area contributed by atoms with Gasteiger partial charge in [0.05, 0.1) is 11.8 Å². The fraction of sp³-hybridized carbons (Fsp3) is 0.542. The minimum atomic E-state index is -0.359. The van der Waals surface area contributed by atoms with Crippen molar-refractivity contribution >= 4 is 34.1 Å². The standard InChI is InChI=1S/C24H31N3O4S/c1-24(2,3)15-6-7-16-18(13-15)32-22(26-21(29)17-5-4-12-31-17)19(16)23(30)27-10-8-14(9-11-27)20(25)28/h4-5,12,14-15H,6-11,13H2,1-3H3,(H2,25,28)(H,26,29)/t15-/m0/s1. The first-order valence-electron chi connectivity index (χ1n) is 11.2. The molecule has 0 unspecified atom stereocenters. The Bertz CT molecular complexity index is 1010. The number of likely N-dealkylation sites (tertiary alicyclic amines) is 1. The van der Waals surface area contributed by atoms with Crippen molar-refractivity contribution in [2.24, 2.45) is 23.0 Å². The summed E-state index contributed by atoms with van der Waals surface area (Å²) < 4.78 is 5.24. The number of amides is 3. The lowest BCUT2D eigenvalue weighted by molar-refractivity contribution is -0.123. The SMILES string of the molecule is CC(C)(C)[C@H]1CCc2c(sc(NC(=O)c3ccco3)c2C(=O)N2CCC(C(N)=O)CC2)C1. The number of carbonyl (C=O) groups is 3. The van der Waals surface area contributed by atoms with E-state index in [2.05, 4.69) is 26.1 Å². The van der Waals surface area contributed by atoms with Gasteiger partial charge >= 0.3 is 0 Å². The van der Waals surface area contributed by atoms with Gasteiger partial charge in [0.15, 0.2) is 5.76 Å². The van der Waals surface area contributed by atoms with Gasteiger partial charge in [-0.1, -0.05) is 20.8 Å². The largest absolute Gasteiger partial charge is 0.459 e. The number of nitrogens with zero attached hydrogens (tertiary/aromatic N) is 1. The maximum absolute atomic E-state index is 13.6. The van der Waals surface area contributed by atoms with Crippen LogP contribution in [0.4, 0.5) is 5.00 Å². The summed E-state index contributed by atoms with van der Waals surface area (Å²) >= 11 is 1.51. The van der Waals surface area contributed by atoms with Crippen LogP contribution >= 0.6 is 11.3 Å². The number of hydrogen-bond acceptors (Lipinski definition) is 5. The van der Waals surface area contributed by atoms with Crippen molar-refractivity contribution < 1.29 is 18.8 Å². The maximum atomic E-state index is 13.6. The molecule has 172 valence electrons. The Labute approximate surface area is 192 Å². The van der Waals surface area contributed by atoms with Gasteiger partial charge in [-0.15, -0.1) is 11.3 Å². The van der Waals surface area contributed by atoms with Crippen LogP contribution in [-0.4, -0.2) is 35.7 Å². The summed E-state index contributed by atoms with van der Waals surface area (Å²) in [7, 11) is 0. The third-order valence-electron chi connectivity index (χ3n) is 6.86. The zero-order chi connectivity index (χ0) is 23.0. The van der Waals surface area contributed by atoms with E-state index in [1.807, 2.05) is 0 Å². The average molecular weight is 458 g/mol. The summed E-state index contributed by atoms with van der Waals surface area (Å²) in [5.74, 6) is -0.177. The van der Waals surface area contributed by atoms with Crippen LogP contribution in [0.15, 0.2) is 22.8 Å². The molecular weight excluding hydrogens is 426 g/mol. The van der Waals surface area contributed by atoms with Crippen LogP contribution in [0.1, 0.15) is 71.4 Å². The van der Waals surface area contributed by atoms with Gasteiger partial charge in [0, 0.05) is 23.9 Å². The molecule has 0 aromatic carbocycles. The number of piperidine rings is 1. The van der Waals surface area contributed by atoms with Gasteiger partial charge in [0.1, 0.15) is 5.00 Å². The van der Waals surface area contributed by atoms with E-state index in [0.29, 0.717) is 42.4 Å². The van der Waals surface area contributed by atoms with Gasteiger partial charge in [0.25, 0.3) is 11.8 Å². The smallest absolute Gasteiger partial charge is 0.291 e. The molecular formula is C24H31N3O4S. The van der Waals surface area contributed by atoms with Crippen molar-refractivity contribution in [1.29, 1.82) is 0 Å². The molecule has 0 bridgehead atoms. The molecule has 8 heteroatoms. The fourth-order valence-corrected chi connectivity index (χ4v) is 6.05. The molecule has 0 spiro atoms. The number of furan rings is 1. The third kappa shape index (κ3) is 4.46. The third-order valence-corrected chi connectivity index (χ3v) is 8.03. The van der Waals surface area contributed by atoms with Gasteiger partial charge in [-0.05, 0) is 61.1 Å². The van der Waals surface area contributed by atoms with Gasteiger partial charge in [0.2, 0.25) is 5.91 Å². The van der Waals surface area contributed by atoms with Crippen molar-refractivity contribution in [2.75, 3.05) is 18.4 Å². The molecule has 7 nitrogen and oxygen atoms in total. The number of anilines is 1. The first-order chi connectivity index (χ1) is 15.1. The second kappa shape index (κ2) is 8.73. The van der Waals surface area contributed by atoms with Crippen molar-refractivity contribution in [3.63, 3.8) is 0 Å². The highest BCUT2D eigenvalue weighted by molar-refractivity contribution is 7.17. The van der Waals surface area contributed by atoms with Crippen LogP contribution in [0.25, 0.3) is 0 Å². The number of rotatable bonds is 4. The zero-order valence-electron chi connectivity index (χ0n) is 18.9. The fourth-order valence-electron chi connectivity index (χ4n) is 4.74. The molecule has 1 fully saturated rings. The van der Waals surface area contributed by atoms with E-state index in [-0.39, 0.29) is 34.8 Å². The number of nitrogens with two attached hydrogens (primary N) is 1. The van der Waals surface area contributed by atoms with Crippen molar-refractivity contribution in [1.82, 2.24) is 4.90 Å².